The maximum Gasteiger partial charge on any atom is 0.471 e. The number of carbonyl (C=O) groups is 2. The van der Waals surface area contributed by atoms with Crippen LogP contribution in [0.2, 0.25) is 0 Å². The second kappa shape index (κ2) is 7.55. The Bertz CT molecular complexity index is 587. The Balaban J connectivity index is 1.79. The van der Waals surface area contributed by atoms with Gasteiger partial charge in [0.1, 0.15) is 11.8 Å². The lowest BCUT2D eigenvalue weighted by molar-refractivity contribution is -0.186. The van der Waals surface area contributed by atoms with Crippen LogP contribution in [-0.2, 0) is 16.0 Å². The van der Waals surface area contributed by atoms with Crippen molar-refractivity contribution in [3.05, 3.63) is 29.8 Å². The van der Waals surface area contributed by atoms with E-state index in [0.29, 0.717) is 30.7 Å². The number of hydrogen-bond acceptors (Lipinski definition) is 3. The van der Waals surface area contributed by atoms with Gasteiger partial charge >= 0.3 is 12.1 Å². The number of phenolic OH excluding ortho intramolecular Hbond substituents is 1. The number of benzene rings is 1. The Morgan fingerprint density at radius 3 is 2.54 bits per heavy atom. The molecule has 1 aliphatic rings. The third kappa shape index (κ3) is 4.62. The maximum atomic E-state index is 12.5. The van der Waals surface area contributed by atoms with Crippen molar-refractivity contribution in [2.45, 2.75) is 37.9 Å². The number of phenols is 1. The molecule has 0 aliphatic carbocycles. The van der Waals surface area contributed by atoms with Gasteiger partial charge in [0.15, 0.2) is 0 Å². The van der Waals surface area contributed by atoms with Crippen LogP contribution in [0, 0.1) is 0 Å². The van der Waals surface area contributed by atoms with E-state index < -0.39 is 24.0 Å². The first-order valence-electron chi connectivity index (χ1n) is 7.72. The molecule has 1 aromatic rings. The molecule has 0 saturated carbocycles. The lowest BCUT2D eigenvalue weighted by Gasteiger charge is -2.24. The summed E-state index contributed by atoms with van der Waals surface area (Å²) in [5.41, 5.74) is 0.983. The van der Waals surface area contributed by atoms with Crippen LogP contribution in [0.5, 0.6) is 5.75 Å². The number of amides is 2. The molecule has 2 rings (SSSR count). The van der Waals surface area contributed by atoms with Crippen LogP contribution >= 0.6 is 0 Å². The number of aromatic hydroxyl groups is 1. The van der Waals surface area contributed by atoms with Gasteiger partial charge in [-0.25, -0.2) is 0 Å². The van der Waals surface area contributed by atoms with Gasteiger partial charge in [-0.2, -0.15) is 13.2 Å². The summed E-state index contributed by atoms with van der Waals surface area (Å²) < 4.78 is 37.6. The highest BCUT2D eigenvalue weighted by molar-refractivity contribution is 5.90. The third-order valence-electron chi connectivity index (χ3n) is 3.94. The topological polar surface area (TPSA) is 69.6 Å². The zero-order valence-corrected chi connectivity index (χ0v) is 13.0. The summed E-state index contributed by atoms with van der Waals surface area (Å²) in [5, 5.41) is 11.8. The van der Waals surface area contributed by atoms with E-state index in [0.717, 1.165) is 5.56 Å². The quantitative estimate of drug-likeness (QED) is 0.803. The van der Waals surface area contributed by atoms with Crippen molar-refractivity contribution in [1.29, 1.82) is 0 Å². The number of carbonyl (C=O) groups excluding carboxylic acids is 2. The molecule has 24 heavy (non-hydrogen) atoms. The van der Waals surface area contributed by atoms with E-state index in [9.17, 15) is 27.9 Å². The summed E-state index contributed by atoms with van der Waals surface area (Å²) in [7, 11) is 0. The van der Waals surface area contributed by atoms with E-state index in [1.165, 1.54) is 0 Å². The standard InChI is InChI=1S/C16H19F3N2O3/c17-16(18,19)15(24)21-10-2-4-13(21)14(23)20-9-1-3-11-5-7-12(22)8-6-11/h5-8,13,22H,1-4,9-10H2,(H,20,23). The molecule has 0 spiro atoms. The minimum absolute atomic E-state index is 0.0516. The predicted molar refractivity (Wildman–Crippen MR) is 80.2 cm³/mol. The predicted octanol–water partition coefficient (Wildman–Crippen LogP) is 1.99. The molecule has 1 saturated heterocycles. The molecule has 2 amide bonds. The molecule has 2 N–H and O–H groups in total. The minimum atomic E-state index is -4.96. The van der Waals surface area contributed by atoms with E-state index in [2.05, 4.69) is 5.32 Å². The summed E-state index contributed by atoms with van der Waals surface area (Å²) in [6, 6.07) is 5.60. The molecule has 0 radical (unpaired) electrons. The number of rotatable bonds is 5. The monoisotopic (exact) mass is 344 g/mol. The van der Waals surface area contributed by atoms with Crippen LogP contribution in [0.4, 0.5) is 13.2 Å². The van der Waals surface area contributed by atoms with Gasteiger partial charge in [-0.1, -0.05) is 12.1 Å². The number of aryl methyl sites for hydroxylation is 1. The fourth-order valence-electron chi connectivity index (χ4n) is 2.73. The SMILES string of the molecule is O=C(NCCCc1ccc(O)cc1)C1CCCN1C(=O)C(F)(F)F. The zero-order valence-electron chi connectivity index (χ0n) is 13.0. The summed E-state index contributed by atoms with van der Waals surface area (Å²) in [6.07, 6.45) is -3.06. The van der Waals surface area contributed by atoms with Gasteiger partial charge in [0.2, 0.25) is 5.91 Å². The molecule has 8 heteroatoms. The molecule has 0 aromatic heterocycles. The molecular formula is C16H19F3N2O3. The fraction of sp³-hybridized carbons (Fsp3) is 0.500. The molecule has 1 unspecified atom stereocenters. The summed E-state index contributed by atoms with van der Waals surface area (Å²) >= 11 is 0. The van der Waals surface area contributed by atoms with Crippen LogP contribution in [0.1, 0.15) is 24.8 Å². The van der Waals surface area contributed by atoms with Gasteiger partial charge in [-0.3, -0.25) is 9.59 Å². The Morgan fingerprint density at radius 1 is 1.25 bits per heavy atom. The second-order valence-electron chi connectivity index (χ2n) is 5.72. The maximum absolute atomic E-state index is 12.5. The Labute approximate surface area is 137 Å². The number of alkyl halides is 3. The van der Waals surface area contributed by atoms with E-state index in [1.807, 2.05) is 0 Å². The molecule has 1 fully saturated rings. The molecule has 1 aliphatic heterocycles. The lowest BCUT2D eigenvalue weighted by Crippen LogP contribution is -2.50. The molecule has 132 valence electrons. The van der Waals surface area contributed by atoms with Crippen LogP contribution in [0.15, 0.2) is 24.3 Å². The number of nitrogens with one attached hydrogen (secondary N) is 1. The van der Waals surface area contributed by atoms with Crippen molar-refractivity contribution in [3.63, 3.8) is 0 Å². The lowest BCUT2D eigenvalue weighted by atomic mass is 10.1. The molecule has 1 atom stereocenters. The van der Waals surface area contributed by atoms with Crippen LogP contribution < -0.4 is 5.32 Å². The number of nitrogens with zero attached hydrogens (tertiary/aromatic N) is 1. The average Bonchev–Trinajstić information content (AvgIpc) is 3.00. The van der Waals surface area contributed by atoms with Crippen molar-refractivity contribution in [3.8, 4) is 5.75 Å². The van der Waals surface area contributed by atoms with Crippen molar-refractivity contribution in [1.82, 2.24) is 10.2 Å². The minimum Gasteiger partial charge on any atom is -0.508 e. The summed E-state index contributed by atoms with van der Waals surface area (Å²) in [4.78, 5) is 24.0. The Morgan fingerprint density at radius 2 is 1.92 bits per heavy atom. The van der Waals surface area contributed by atoms with Crippen molar-refractivity contribution in [2.75, 3.05) is 13.1 Å². The third-order valence-corrected chi connectivity index (χ3v) is 3.94. The Hall–Kier alpha value is -2.25. The Kier molecular flexibility index (Phi) is 5.69. The van der Waals surface area contributed by atoms with Crippen molar-refractivity contribution < 1.29 is 27.9 Å². The first-order chi connectivity index (χ1) is 11.3. The molecule has 1 heterocycles. The van der Waals surface area contributed by atoms with Gasteiger partial charge < -0.3 is 15.3 Å². The number of hydrogen-bond donors (Lipinski definition) is 2. The molecular weight excluding hydrogens is 325 g/mol. The second-order valence-corrected chi connectivity index (χ2v) is 5.72. The first-order valence-corrected chi connectivity index (χ1v) is 7.72. The number of likely N-dealkylation sites (tertiary alicyclic amines) is 1. The smallest absolute Gasteiger partial charge is 0.471 e. The van der Waals surface area contributed by atoms with Crippen LogP contribution in [0.25, 0.3) is 0 Å². The van der Waals surface area contributed by atoms with Crippen molar-refractivity contribution >= 4 is 11.8 Å². The highest BCUT2D eigenvalue weighted by Crippen LogP contribution is 2.25. The van der Waals surface area contributed by atoms with Gasteiger partial charge in [0.05, 0.1) is 0 Å². The van der Waals surface area contributed by atoms with Crippen molar-refractivity contribution in [2.24, 2.45) is 0 Å². The largest absolute Gasteiger partial charge is 0.508 e. The van der Waals surface area contributed by atoms with E-state index >= 15 is 0 Å². The summed E-state index contributed by atoms with van der Waals surface area (Å²) in [6.45, 7) is 0.258. The van der Waals surface area contributed by atoms with Gasteiger partial charge in [-0.05, 0) is 43.4 Å². The van der Waals surface area contributed by atoms with Crippen LogP contribution in [0.3, 0.4) is 0 Å². The molecule has 5 nitrogen and oxygen atoms in total. The van der Waals surface area contributed by atoms with Crippen LogP contribution in [-0.4, -0.2) is 47.1 Å². The molecule has 0 bridgehead atoms. The number of halogens is 3. The van der Waals surface area contributed by atoms with Gasteiger partial charge in [0, 0.05) is 13.1 Å². The van der Waals surface area contributed by atoms with E-state index in [-0.39, 0.29) is 18.7 Å². The van der Waals surface area contributed by atoms with E-state index in [1.54, 1.807) is 24.3 Å². The zero-order chi connectivity index (χ0) is 17.7. The van der Waals surface area contributed by atoms with Gasteiger partial charge in [-0.15, -0.1) is 0 Å². The summed E-state index contributed by atoms with van der Waals surface area (Å²) in [5.74, 6) is -2.33. The highest BCUT2D eigenvalue weighted by atomic mass is 19.4. The fourth-order valence-corrected chi connectivity index (χ4v) is 2.73. The van der Waals surface area contributed by atoms with E-state index in [4.69, 9.17) is 0 Å². The molecule has 1 aromatic carbocycles. The highest BCUT2D eigenvalue weighted by Gasteiger charge is 2.47. The normalized spacial score (nSPS) is 17.8. The van der Waals surface area contributed by atoms with Gasteiger partial charge in [0.25, 0.3) is 0 Å². The first kappa shape index (κ1) is 18.1. The average molecular weight is 344 g/mol.